The normalized spacial score (nSPS) is 11.9. The van der Waals surface area contributed by atoms with Gasteiger partial charge in [0.2, 0.25) is 16.0 Å². The van der Waals surface area contributed by atoms with Crippen molar-refractivity contribution in [2.45, 2.75) is 38.1 Å². The Hall–Kier alpha value is -3.80. The molecule has 5 N–H and O–H groups in total. The van der Waals surface area contributed by atoms with E-state index in [0.717, 1.165) is 16.8 Å². The average molecular weight is 497 g/mol. The minimum atomic E-state index is -3.68. The minimum Gasteiger partial charge on any atom is -0.340 e. The molecule has 0 aliphatic rings. The lowest BCUT2D eigenvalue weighted by atomic mass is 10.1. The molecular weight excluding hydrogens is 468 g/mol. The monoisotopic (exact) mass is 496 g/mol. The number of nitrogens with zero attached hydrogens (tertiary/aromatic N) is 2. The predicted octanol–water partition coefficient (Wildman–Crippen LogP) is 3.87. The summed E-state index contributed by atoms with van der Waals surface area (Å²) < 4.78 is 28.0. The molecule has 2 aromatic carbocycles. The Bertz CT molecular complexity index is 1330. The van der Waals surface area contributed by atoms with E-state index in [2.05, 4.69) is 25.3 Å². The molecule has 0 atom stereocenters. The molecule has 1 heterocycles. The second-order valence-electron chi connectivity index (χ2n) is 8.79. The number of aryl methyl sites for hydroxylation is 1. The van der Waals surface area contributed by atoms with Gasteiger partial charge < -0.3 is 10.6 Å². The van der Waals surface area contributed by atoms with Gasteiger partial charge in [-0.1, -0.05) is 18.2 Å². The topological polar surface area (TPSA) is 145 Å². The number of aromatic nitrogens is 2. The van der Waals surface area contributed by atoms with Gasteiger partial charge in [-0.25, -0.2) is 23.6 Å². The summed E-state index contributed by atoms with van der Waals surface area (Å²) in [6, 6.07) is 13.7. The smallest absolute Gasteiger partial charge is 0.267 e. The van der Waals surface area contributed by atoms with Crippen LogP contribution in [0.25, 0.3) is 6.08 Å². The van der Waals surface area contributed by atoms with Crippen LogP contribution in [0.4, 0.5) is 23.1 Å². The predicted molar refractivity (Wildman–Crippen MR) is 135 cm³/mol. The molecule has 3 rings (SSSR count). The quantitative estimate of drug-likeness (QED) is 0.180. The third-order valence-corrected chi connectivity index (χ3v) is 6.28. The molecule has 184 valence electrons. The van der Waals surface area contributed by atoms with Gasteiger partial charge >= 0.3 is 0 Å². The summed E-state index contributed by atoms with van der Waals surface area (Å²) in [5.74, 6) is 0.253. The van der Waals surface area contributed by atoms with Crippen molar-refractivity contribution in [1.82, 2.24) is 20.2 Å². The second kappa shape index (κ2) is 10.6. The van der Waals surface area contributed by atoms with E-state index in [4.69, 9.17) is 5.21 Å². The van der Waals surface area contributed by atoms with Crippen LogP contribution in [-0.2, 0) is 14.8 Å². The Kier molecular flexibility index (Phi) is 7.85. The lowest BCUT2D eigenvalue weighted by Gasteiger charge is -2.20. The van der Waals surface area contributed by atoms with Crippen LogP contribution in [0.1, 0.15) is 31.9 Å². The van der Waals surface area contributed by atoms with Crippen LogP contribution in [0.5, 0.6) is 0 Å². The number of benzene rings is 2. The van der Waals surface area contributed by atoms with Crippen molar-refractivity contribution in [3.05, 3.63) is 71.9 Å². The van der Waals surface area contributed by atoms with Gasteiger partial charge in [0.25, 0.3) is 5.91 Å². The first-order chi connectivity index (χ1) is 16.4. The van der Waals surface area contributed by atoms with Gasteiger partial charge in [-0.15, -0.1) is 0 Å². The molecule has 0 unspecified atom stereocenters. The maximum Gasteiger partial charge on any atom is 0.267 e. The number of nitrogens with one attached hydrogen (secondary N) is 4. The molecule has 0 bridgehead atoms. The van der Waals surface area contributed by atoms with E-state index in [9.17, 15) is 13.2 Å². The maximum atomic E-state index is 12.7. The summed E-state index contributed by atoms with van der Waals surface area (Å²) >= 11 is 0. The van der Waals surface area contributed by atoms with Gasteiger partial charge in [-0.2, -0.15) is 4.98 Å². The Morgan fingerprint density at radius 3 is 2.40 bits per heavy atom. The van der Waals surface area contributed by atoms with E-state index in [-0.39, 0.29) is 4.90 Å². The average Bonchev–Trinajstić information content (AvgIpc) is 2.79. The first-order valence-electron chi connectivity index (χ1n) is 10.7. The summed E-state index contributed by atoms with van der Waals surface area (Å²) in [5, 5.41) is 14.8. The molecule has 0 radical (unpaired) electrons. The molecule has 0 saturated heterocycles. The molecule has 0 aliphatic carbocycles. The molecule has 0 aliphatic heterocycles. The third-order valence-electron chi connectivity index (χ3n) is 4.52. The molecule has 0 saturated carbocycles. The van der Waals surface area contributed by atoms with Crippen LogP contribution in [-0.4, -0.2) is 35.0 Å². The first-order valence-corrected chi connectivity index (χ1v) is 12.2. The number of anilines is 4. The molecule has 1 aromatic heterocycles. The van der Waals surface area contributed by atoms with Crippen molar-refractivity contribution in [2.75, 3.05) is 10.6 Å². The highest BCUT2D eigenvalue weighted by molar-refractivity contribution is 7.89. The Morgan fingerprint density at radius 2 is 1.74 bits per heavy atom. The summed E-state index contributed by atoms with van der Waals surface area (Å²) in [4.78, 5) is 20.1. The second-order valence-corrected chi connectivity index (χ2v) is 10.5. The van der Waals surface area contributed by atoms with Crippen molar-refractivity contribution in [1.29, 1.82) is 0 Å². The van der Waals surface area contributed by atoms with Gasteiger partial charge in [0.05, 0.1) is 4.90 Å². The number of carbonyl (C=O) groups is 1. The van der Waals surface area contributed by atoms with Gasteiger partial charge in [0.1, 0.15) is 5.82 Å². The van der Waals surface area contributed by atoms with Crippen LogP contribution in [0, 0.1) is 6.92 Å². The SMILES string of the molecule is Cc1cnc(Nc2ccc(/C=C/C(=O)NO)cc2)nc1Nc1cccc(S(=O)(=O)NC(C)(C)C)c1. The molecule has 3 aromatic rings. The fraction of sp³-hybridized carbons (Fsp3) is 0.208. The Balaban J connectivity index is 1.76. The number of carbonyl (C=O) groups excluding carboxylic acids is 1. The van der Waals surface area contributed by atoms with Crippen molar-refractivity contribution in [2.24, 2.45) is 0 Å². The lowest BCUT2D eigenvalue weighted by Crippen LogP contribution is -2.40. The molecular formula is C24H28N6O4S. The van der Waals surface area contributed by atoms with Crippen molar-refractivity contribution in [3.63, 3.8) is 0 Å². The number of amides is 1. The van der Waals surface area contributed by atoms with Gasteiger partial charge in [-0.05, 0) is 69.7 Å². The van der Waals surface area contributed by atoms with Crippen LogP contribution in [0.3, 0.4) is 0 Å². The van der Waals surface area contributed by atoms with E-state index in [1.807, 2.05) is 6.92 Å². The van der Waals surface area contributed by atoms with Gasteiger partial charge in [-0.3, -0.25) is 10.0 Å². The third kappa shape index (κ3) is 7.60. The van der Waals surface area contributed by atoms with Crippen LogP contribution in [0.15, 0.2) is 65.7 Å². The first kappa shape index (κ1) is 25.8. The molecule has 0 spiro atoms. The number of hydrogen-bond donors (Lipinski definition) is 5. The fourth-order valence-electron chi connectivity index (χ4n) is 2.98. The molecule has 1 amide bonds. The lowest BCUT2D eigenvalue weighted by molar-refractivity contribution is -0.124. The maximum absolute atomic E-state index is 12.7. The van der Waals surface area contributed by atoms with E-state index < -0.39 is 21.5 Å². The highest BCUT2D eigenvalue weighted by Gasteiger charge is 2.22. The molecule has 11 heteroatoms. The van der Waals surface area contributed by atoms with Crippen molar-refractivity contribution < 1.29 is 18.4 Å². The zero-order valence-corrected chi connectivity index (χ0v) is 20.6. The zero-order valence-electron chi connectivity index (χ0n) is 19.8. The summed E-state index contributed by atoms with van der Waals surface area (Å²) in [6.45, 7) is 7.19. The van der Waals surface area contributed by atoms with E-state index in [1.165, 1.54) is 17.6 Å². The van der Waals surface area contributed by atoms with Gasteiger partial charge in [0.15, 0.2) is 0 Å². The molecule has 35 heavy (non-hydrogen) atoms. The van der Waals surface area contributed by atoms with E-state index in [0.29, 0.717) is 17.5 Å². The van der Waals surface area contributed by atoms with Crippen LogP contribution < -0.4 is 20.8 Å². The highest BCUT2D eigenvalue weighted by Crippen LogP contribution is 2.23. The number of rotatable bonds is 8. The summed E-state index contributed by atoms with van der Waals surface area (Å²) in [7, 11) is -3.68. The van der Waals surface area contributed by atoms with Crippen LogP contribution in [0.2, 0.25) is 0 Å². The fourth-order valence-corrected chi connectivity index (χ4v) is 4.45. The largest absolute Gasteiger partial charge is 0.340 e. The number of hydrogen-bond acceptors (Lipinski definition) is 8. The van der Waals surface area contributed by atoms with E-state index in [1.54, 1.807) is 75.5 Å². The highest BCUT2D eigenvalue weighted by atomic mass is 32.2. The van der Waals surface area contributed by atoms with Gasteiger partial charge in [0, 0.05) is 34.8 Å². The Labute approximate surface area is 204 Å². The molecule has 10 nitrogen and oxygen atoms in total. The standard InChI is InChI=1S/C24H28N6O4S/c1-16-15-25-23(27-18-11-8-17(9-12-18)10-13-21(31)29-32)28-22(16)26-19-6-5-7-20(14-19)35(33,34)30-24(2,3)4/h5-15,30,32H,1-4H3,(H,29,31)(H2,25,26,27,28)/b13-10+. The van der Waals surface area contributed by atoms with Crippen molar-refractivity contribution >= 4 is 45.1 Å². The van der Waals surface area contributed by atoms with Crippen molar-refractivity contribution in [3.8, 4) is 0 Å². The minimum absolute atomic E-state index is 0.146. The van der Waals surface area contributed by atoms with E-state index >= 15 is 0 Å². The summed E-state index contributed by atoms with van der Waals surface area (Å²) in [5.41, 5.74) is 3.77. The molecule has 0 fully saturated rings. The zero-order chi connectivity index (χ0) is 25.6. The Morgan fingerprint density at radius 1 is 1.03 bits per heavy atom. The number of sulfonamides is 1. The van der Waals surface area contributed by atoms with Crippen LogP contribution >= 0.6 is 0 Å². The number of hydroxylamine groups is 1. The summed E-state index contributed by atoms with van der Waals surface area (Å²) in [6.07, 6.45) is 4.43.